The Balaban J connectivity index is 2.07. The second kappa shape index (κ2) is 6.55. The first kappa shape index (κ1) is 12.3. The van der Waals surface area contributed by atoms with Gasteiger partial charge in [0.1, 0.15) is 0 Å². The minimum Gasteiger partial charge on any atom is -0.288 e. The number of benzene rings is 2. The highest BCUT2D eigenvalue weighted by molar-refractivity contribution is 5.81. The van der Waals surface area contributed by atoms with E-state index in [1.54, 1.807) is 0 Å². The zero-order valence-corrected chi connectivity index (χ0v) is 10.4. The summed E-state index contributed by atoms with van der Waals surface area (Å²) in [4.78, 5) is 4.50. The summed E-state index contributed by atoms with van der Waals surface area (Å²) in [5.41, 5.74) is 3.67. The monoisotopic (exact) mass is 235 g/mol. The second-order valence-corrected chi connectivity index (χ2v) is 4.15. The van der Waals surface area contributed by atoms with Gasteiger partial charge in [-0.3, -0.25) is 4.99 Å². The number of rotatable bonds is 5. The molecule has 0 saturated carbocycles. The first-order valence-electron chi connectivity index (χ1n) is 6.12. The van der Waals surface area contributed by atoms with Gasteiger partial charge in [0.25, 0.3) is 0 Å². The topological polar surface area (TPSA) is 12.4 Å². The third-order valence-electron chi connectivity index (χ3n) is 2.77. The van der Waals surface area contributed by atoms with Crippen molar-refractivity contribution < 1.29 is 0 Å². The Bertz CT molecular complexity index is 526. The van der Waals surface area contributed by atoms with E-state index in [0.29, 0.717) is 0 Å². The van der Waals surface area contributed by atoms with Crippen LogP contribution in [0.1, 0.15) is 16.7 Å². The van der Waals surface area contributed by atoms with Gasteiger partial charge in [-0.15, -0.1) is 6.58 Å². The lowest BCUT2D eigenvalue weighted by Crippen LogP contribution is -1.91. The number of allylic oxidation sites excluding steroid dienone is 1. The maximum Gasteiger partial charge on any atom is 0.0639 e. The summed E-state index contributed by atoms with van der Waals surface area (Å²) in [7, 11) is 0. The van der Waals surface area contributed by atoms with E-state index >= 15 is 0 Å². The van der Waals surface area contributed by atoms with Gasteiger partial charge in [0.15, 0.2) is 0 Å². The van der Waals surface area contributed by atoms with E-state index < -0.39 is 0 Å². The van der Waals surface area contributed by atoms with Crippen LogP contribution >= 0.6 is 0 Å². The van der Waals surface area contributed by atoms with Gasteiger partial charge in [-0.05, 0) is 23.1 Å². The van der Waals surface area contributed by atoms with Crippen LogP contribution in [-0.4, -0.2) is 6.21 Å². The van der Waals surface area contributed by atoms with Crippen LogP contribution in [0.15, 0.2) is 72.2 Å². The molecule has 0 N–H and O–H groups in total. The van der Waals surface area contributed by atoms with E-state index in [-0.39, 0.29) is 0 Å². The quantitative estimate of drug-likeness (QED) is 0.548. The van der Waals surface area contributed by atoms with Crippen LogP contribution in [-0.2, 0) is 13.0 Å². The normalized spacial score (nSPS) is 10.7. The van der Waals surface area contributed by atoms with Crippen LogP contribution in [0.5, 0.6) is 0 Å². The fraction of sp³-hybridized carbons (Fsp3) is 0.118. The Labute approximate surface area is 109 Å². The lowest BCUT2D eigenvalue weighted by Gasteiger charge is -2.02. The first-order chi connectivity index (χ1) is 8.90. The van der Waals surface area contributed by atoms with Gasteiger partial charge >= 0.3 is 0 Å². The van der Waals surface area contributed by atoms with Crippen LogP contribution in [0.2, 0.25) is 0 Å². The van der Waals surface area contributed by atoms with Gasteiger partial charge in [-0.1, -0.05) is 60.7 Å². The Morgan fingerprint density at radius 1 is 0.944 bits per heavy atom. The zero-order valence-electron chi connectivity index (χ0n) is 10.4. The van der Waals surface area contributed by atoms with E-state index in [9.17, 15) is 0 Å². The molecule has 2 aromatic carbocycles. The Hall–Kier alpha value is -2.15. The van der Waals surface area contributed by atoms with Crippen LogP contribution in [0.3, 0.4) is 0 Å². The van der Waals surface area contributed by atoms with Crippen molar-refractivity contribution in [3.8, 4) is 0 Å². The summed E-state index contributed by atoms with van der Waals surface area (Å²) >= 11 is 0. The van der Waals surface area contributed by atoms with Gasteiger partial charge < -0.3 is 0 Å². The maximum atomic E-state index is 4.50. The minimum atomic E-state index is 0.725. The molecule has 0 heterocycles. The number of hydrogen-bond acceptors (Lipinski definition) is 1. The second-order valence-electron chi connectivity index (χ2n) is 4.15. The van der Waals surface area contributed by atoms with Gasteiger partial charge in [-0.25, -0.2) is 0 Å². The Morgan fingerprint density at radius 2 is 1.67 bits per heavy atom. The summed E-state index contributed by atoms with van der Waals surface area (Å²) < 4.78 is 0. The van der Waals surface area contributed by atoms with E-state index in [2.05, 4.69) is 35.8 Å². The molecule has 0 atom stereocenters. The summed E-state index contributed by atoms with van der Waals surface area (Å²) in [6.07, 6.45) is 4.75. The molecule has 0 aromatic heterocycles. The molecular weight excluding hydrogens is 218 g/mol. The van der Waals surface area contributed by atoms with Crippen molar-refractivity contribution in [2.45, 2.75) is 13.0 Å². The largest absolute Gasteiger partial charge is 0.288 e. The molecular formula is C17H17N. The van der Waals surface area contributed by atoms with Crippen LogP contribution in [0.25, 0.3) is 0 Å². The maximum absolute atomic E-state index is 4.50. The molecule has 90 valence electrons. The molecule has 0 bridgehead atoms. The van der Waals surface area contributed by atoms with E-state index in [4.69, 9.17) is 0 Å². The van der Waals surface area contributed by atoms with E-state index in [1.807, 2.05) is 42.6 Å². The molecule has 0 unspecified atom stereocenters. The molecule has 1 nitrogen and oxygen atoms in total. The fourth-order valence-electron chi connectivity index (χ4n) is 1.83. The van der Waals surface area contributed by atoms with Crippen molar-refractivity contribution in [1.29, 1.82) is 0 Å². The standard InChI is InChI=1S/C17H17N/c1-2-8-16-11-6-7-12-17(16)14-18-13-15-9-4-3-5-10-15/h2-7,9-12,14H,1,8,13H2. The SMILES string of the molecule is C=CCc1ccccc1C=NCc1ccccc1. The van der Waals surface area contributed by atoms with Gasteiger partial charge in [-0.2, -0.15) is 0 Å². The van der Waals surface area contributed by atoms with Crippen molar-refractivity contribution in [3.05, 3.63) is 83.9 Å². The number of nitrogens with zero attached hydrogens (tertiary/aromatic N) is 1. The molecule has 2 aromatic rings. The minimum absolute atomic E-state index is 0.725. The molecule has 1 heteroatoms. The highest BCUT2D eigenvalue weighted by atomic mass is 14.7. The number of aliphatic imine (C=N–C) groups is 1. The van der Waals surface area contributed by atoms with Crippen molar-refractivity contribution in [2.24, 2.45) is 4.99 Å². The summed E-state index contributed by atoms with van der Waals surface area (Å²) in [5, 5.41) is 0. The summed E-state index contributed by atoms with van der Waals surface area (Å²) in [6, 6.07) is 18.6. The van der Waals surface area contributed by atoms with Gasteiger partial charge in [0, 0.05) is 6.21 Å². The Morgan fingerprint density at radius 3 is 2.44 bits per heavy atom. The van der Waals surface area contributed by atoms with Crippen molar-refractivity contribution >= 4 is 6.21 Å². The summed E-state index contributed by atoms with van der Waals surface area (Å²) in [6.45, 7) is 4.51. The fourth-order valence-corrected chi connectivity index (χ4v) is 1.83. The molecule has 0 amide bonds. The van der Waals surface area contributed by atoms with Crippen molar-refractivity contribution in [2.75, 3.05) is 0 Å². The van der Waals surface area contributed by atoms with Crippen LogP contribution < -0.4 is 0 Å². The van der Waals surface area contributed by atoms with Gasteiger partial charge in [0.05, 0.1) is 6.54 Å². The zero-order chi connectivity index (χ0) is 12.6. The molecule has 18 heavy (non-hydrogen) atoms. The number of hydrogen-bond donors (Lipinski definition) is 0. The third kappa shape index (κ3) is 3.42. The Kier molecular flexibility index (Phi) is 4.48. The highest BCUT2D eigenvalue weighted by Crippen LogP contribution is 2.08. The average Bonchev–Trinajstić information content (AvgIpc) is 2.42. The van der Waals surface area contributed by atoms with E-state index in [0.717, 1.165) is 13.0 Å². The molecule has 0 saturated heterocycles. The third-order valence-corrected chi connectivity index (χ3v) is 2.77. The summed E-state index contributed by atoms with van der Waals surface area (Å²) in [5.74, 6) is 0. The van der Waals surface area contributed by atoms with Crippen molar-refractivity contribution in [3.63, 3.8) is 0 Å². The molecule has 0 aliphatic carbocycles. The predicted molar refractivity (Wildman–Crippen MR) is 78.1 cm³/mol. The molecule has 0 spiro atoms. The smallest absolute Gasteiger partial charge is 0.0639 e. The molecule has 0 radical (unpaired) electrons. The van der Waals surface area contributed by atoms with Gasteiger partial charge in [0.2, 0.25) is 0 Å². The highest BCUT2D eigenvalue weighted by Gasteiger charge is 1.96. The van der Waals surface area contributed by atoms with E-state index in [1.165, 1.54) is 16.7 Å². The first-order valence-corrected chi connectivity index (χ1v) is 6.12. The lowest BCUT2D eigenvalue weighted by molar-refractivity contribution is 1.08. The average molecular weight is 235 g/mol. The lowest BCUT2D eigenvalue weighted by atomic mass is 10.1. The predicted octanol–water partition coefficient (Wildman–Crippen LogP) is 4.03. The molecule has 2 rings (SSSR count). The molecule has 0 aliphatic rings. The van der Waals surface area contributed by atoms with Crippen LogP contribution in [0.4, 0.5) is 0 Å². The molecule has 0 fully saturated rings. The molecule has 0 aliphatic heterocycles. The van der Waals surface area contributed by atoms with Crippen molar-refractivity contribution in [1.82, 2.24) is 0 Å². The van der Waals surface area contributed by atoms with Crippen LogP contribution in [0, 0.1) is 0 Å².